The van der Waals surface area contributed by atoms with Crippen molar-refractivity contribution in [3.63, 3.8) is 0 Å². The molecule has 2 atom stereocenters. The molecule has 0 radical (unpaired) electrons. The minimum atomic E-state index is 0.542. The molecule has 2 fully saturated rings. The molecular weight excluding hydrogens is 348 g/mol. The molecule has 0 amide bonds. The average molecular weight is 377 g/mol. The number of nitrogens with one attached hydrogen (secondary N) is 2. The van der Waals surface area contributed by atoms with E-state index in [4.69, 9.17) is 0 Å². The quantitative estimate of drug-likeness (QED) is 0.819. The molecule has 2 aliphatic heterocycles. The van der Waals surface area contributed by atoms with Crippen molar-refractivity contribution in [1.82, 2.24) is 14.9 Å². The Morgan fingerprint density at radius 1 is 1.18 bits per heavy atom. The van der Waals surface area contributed by atoms with Gasteiger partial charge in [-0.2, -0.15) is 10.2 Å². The summed E-state index contributed by atoms with van der Waals surface area (Å²) in [6, 6.07) is 10.6. The molecule has 1 aromatic carbocycles. The monoisotopic (exact) mass is 376 g/mol. The van der Waals surface area contributed by atoms with Gasteiger partial charge in [0.05, 0.1) is 11.6 Å². The first-order chi connectivity index (χ1) is 13.7. The van der Waals surface area contributed by atoms with E-state index in [0.29, 0.717) is 17.4 Å². The zero-order valence-corrected chi connectivity index (χ0v) is 16.5. The molecule has 2 N–H and O–H groups in total. The fourth-order valence-corrected chi connectivity index (χ4v) is 4.52. The molecule has 0 spiro atoms. The molecular formula is C22H28N6. The first-order valence-corrected chi connectivity index (χ1v) is 10.3. The maximum Gasteiger partial charge on any atom is 0.229 e. The summed E-state index contributed by atoms with van der Waals surface area (Å²) in [6.07, 6.45) is 8.41. The lowest BCUT2D eigenvalue weighted by Gasteiger charge is -2.44. The summed E-state index contributed by atoms with van der Waals surface area (Å²) in [7, 11) is 0. The summed E-state index contributed by atoms with van der Waals surface area (Å²) < 4.78 is 0. The van der Waals surface area contributed by atoms with Gasteiger partial charge in [-0.3, -0.25) is 0 Å². The first-order valence-electron chi connectivity index (χ1n) is 10.3. The molecule has 6 nitrogen and oxygen atoms in total. The van der Waals surface area contributed by atoms with E-state index >= 15 is 0 Å². The lowest BCUT2D eigenvalue weighted by atomic mass is 9.83. The van der Waals surface area contributed by atoms with Crippen molar-refractivity contribution in [1.29, 1.82) is 5.26 Å². The summed E-state index contributed by atoms with van der Waals surface area (Å²) in [5.41, 5.74) is 2.45. The molecule has 4 rings (SSSR count). The summed E-state index contributed by atoms with van der Waals surface area (Å²) in [6.45, 7) is 5.43. The van der Waals surface area contributed by atoms with Crippen molar-refractivity contribution in [2.75, 3.05) is 30.3 Å². The number of hydrogen-bond acceptors (Lipinski definition) is 6. The van der Waals surface area contributed by atoms with Gasteiger partial charge in [-0.15, -0.1) is 0 Å². The van der Waals surface area contributed by atoms with E-state index in [2.05, 4.69) is 31.6 Å². The Morgan fingerprint density at radius 2 is 2.07 bits per heavy atom. The van der Waals surface area contributed by atoms with Crippen LogP contribution in [0.25, 0.3) is 0 Å². The van der Waals surface area contributed by atoms with Gasteiger partial charge in [-0.1, -0.05) is 12.5 Å². The normalized spacial score (nSPS) is 22.1. The highest BCUT2D eigenvalue weighted by Gasteiger charge is 2.32. The number of fused-ring (bicyclic) bond motifs is 1. The van der Waals surface area contributed by atoms with Crippen LogP contribution in [0.5, 0.6) is 0 Å². The Labute approximate surface area is 167 Å². The van der Waals surface area contributed by atoms with Gasteiger partial charge >= 0.3 is 0 Å². The van der Waals surface area contributed by atoms with Crippen LogP contribution in [-0.4, -0.2) is 40.5 Å². The van der Waals surface area contributed by atoms with Crippen LogP contribution in [0.4, 0.5) is 17.5 Å². The number of hydrogen-bond donors (Lipinski definition) is 2. The van der Waals surface area contributed by atoms with E-state index in [1.807, 2.05) is 31.2 Å². The highest BCUT2D eigenvalue weighted by Crippen LogP contribution is 2.31. The second kappa shape index (κ2) is 8.57. The van der Waals surface area contributed by atoms with Crippen molar-refractivity contribution in [2.24, 2.45) is 5.92 Å². The van der Waals surface area contributed by atoms with E-state index in [1.54, 1.807) is 6.20 Å². The Kier molecular flexibility index (Phi) is 5.73. The van der Waals surface area contributed by atoms with Crippen LogP contribution >= 0.6 is 0 Å². The minimum absolute atomic E-state index is 0.542. The van der Waals surface area contributed by atoms with Crippen LogP contribution in [0.2, 0.25) is 0 Å². The Balaban J connectivity index is 1.39. The molecule has 2 aromatic rings. The van der Waals surface area contributed by atoms with Gasteiger partial charge in [0.15, 0.2) is 0 Å². The Morgan fingerprint density at radius 3 is 2.96 bits per heavy atom. The number of benzene rings is 1. The molecule has 28 heavy (non-hydrogen) atoms. The van der Waals surface area contributed by atoms with Crippen molar-refractivity contribution in [2.45, 2.75) is 45.1 Å². The van der Waals surface area contributed by atoms with Gasteiger partial charge < -0.3 is 15.5 Å². The van der Waals surface area contributed by atoms with E-state index < -0.39 is 0 Å². The number of aryl methyl sites for hydroxylation is 1. The molecule has 1 aromatic heterocycles. The van der Waals surface area contributed by atoms with E-state index in [-0.39, 0.29) is 0 Å². The third kappa shape index (κ3) is 4.26. The standard InChI is InChI=1S/C22H28N6/c1-16-7-8-19(13-18(16)14-23)26-22-24-10-9-21(27-22)25-15-17-5-4-12-28-11-3-2-6-20(17)28/h7-10,13,17,20H,2-6,11-12,15H2,1H3,(H2,24,25,26,27)/t17-,20+/m0/s1. The van der Waals surface area contributed by atoms with Gasteiger partial charge in [0.25, 0.3) is 0 Å². The van der Waals surface area contributed by atoms with Gasteiger partial charge in [0.2, 0.25) is 5.95 Å². The van der Waals surface area contributed by atoms with E-state index in [1.165, 1.54) is 45.2 Å². The van der Waals surface area contributed by atoms with Crippen LogP contribution < -0.4 is 10.6 Å². The predicted molar refractivity (Wildman–Crippen MR) is 112 cm³/mol. The highest BCUT2D eigenvalue weighted by atomic mass is 15.2. The van der Waals surface area contributed by atoms with Crippen LogP contribution in [0, 0.1) is 24.2 Å². The fraction of sp³-hybridized carbons (Fsp3) is 0.500. The van der Waals surface area contributed by atoms with E-state index in [9.17, 15) is 5.26 Å². The Hall–Kier alpha value is -2.65. The van der Waals surface area contributed by atoms with Gasteiger partial charge in [-0.05, 0) is 75.4 Å². The van der Waals surface area contributed by atoms with Crippen molar-refractivity contribution in [3.05, 3.63) is 41.6 Å². The third-order valence-electron chi connectivity index (χ3n) is 6.04. The minimum Gasteiger partial charge on any atom is -0.370 e. The topological polar surface area (TPSA) is 76.9 Å². The largest absolute Gasteiger partial charge is 0.370 e. The number of aromatic nitrogens is 2. The SMILES string of the molecule is Cc1ccc(Nc2nccc(NC[C@@H]3CCCN4CCCC[C@H]34)n2)cc1C#N. The van der Waals surface area contributed by atoms with E-state index in [0.717, 1.165) is 29.7 Å². The van der Waals surface area contributed by atoms with Gasteiger partial charge in [0, 0.05) is 24.5 Å². The lowest BCUT2D eigenvalue weighted by Crippen LogP contribution is -2.49. The van der Waals surface area contributed by atoms with Crippen LogP contribution in [0.15, 0.2) is 30.5 Å². The maximum absolute atomic E-state index is 9.21. The molecule has 2 aliphatic rings. The maximum atomic E-state index is 9.21. The molecule has 6 heteroatoms. The molecule has 3 heterocycles. The predicted octanol–water partition coefficient (Wildman–Crippen LogP) is 4.08. The summed E-state index contributed by atoms with van der Waals surface area (Å²) in [4.78, 5) is 11.6. The molecule has 0 unspecified atom stereocenters. The smallest absolute Gasteiger partial charge is 0.229 e. The zero-order valence-electron chi connectivity index (χ0n) is 16.5. The van der Waals surface area contributed by atoms with Crippen LogP contribution in [0.1, 0.15) is 43.2 Å². The molecule has 0 saturated carbocycles. The number of piperidine rings is 2. The van der Waals surface area contributed by atoms with Crippen molar-refractivity contribution in [3.8, 4) is 6.07 Å². The molecule has 0 aliphatic carbocycles. The average Bonchev–Trinajstić information content (AvgIpc) is 2.74. The first kappa shape index (κ1) is 18.7. The van der Waals surface area contributed by atoms with Gasteiger partial charge in [-0.25, -0.2) is 4.98 Å². The number of nitriles is 1. The van der Waals surface area contributed by atoms with Crippen LogP contribution in [-0.2, 0) is 0 Å². The second-order valence-electron chi connectivity index (χ2n) is 7.91. The van der Waals surface area contributed by atoms with Crippen molar-refractivity contribution >= 4 is 17.5 Å². The second-order valence-corrected chi connectivity index (χ2v) is 7.91. The molecule has 146 valence electrons. The summed E-state index contributed by atoms with van der Waals surface area (Å²) in [5, 5.41) is 15.9. The zero-order chi connectivity index (χ0) is 19.3. The highest BCUT2D eigenvalue weighted by molar-refractivity contribution is 5.59. The number of anilines is 3. The Bertz CT molecular complexity index is 856. The van der Waals surface area contributed by atoms with Gasteiger partial charge in [0.1, 0.15) is 5.82 Å². The number of nitrogens with zero attached hydrogens (tertiary/aromatic N) is 4. The van der Waals surface area contributed by atoms with Crippen molar-refractivity contribution < 1.29 is 0 Å². The fourth-order valence-electron chi connectivity index (χ4n) is 4.52. The molecule has 0 bridgehead atoms. The third-order valence-corrected chi connectivity index (χ3v) is 6.04. The van der Waals surface area contributed by atoms with Crippen LogP contribution in [0.3, 0.4) is 0 Å². The lowest BCUT2D eigenvalue weighted by molar-refractivity contribution is 0.0649. The number of rotatable bonds is 5. The molecule has 2 saturated heterocycles. The summed E-state index contributed by atoms with van der Waals surface area (Å²) in [5.74, 6) is 2.08. The summed E-state index contributed by atoms with van der Waals surface area (Å²) >= 11 is 0.